The van der Waals surface area contributed by atoms with Crippen LogP contribution in [0.2, 0.25) is 6.82 Å². The molecule has 0 unspecified atom stereocenters. The second-order valence-electron chi connectivity index (χ2n) is 9.45. The molecule has 0 saturated heterocycles. The van der Waals surface area contributed by atoms with E-state index in [1.54, 1.807) is 25.0 Å². The Morgan fingerprint density at radius 1 is 1.06 bits per heavy atom. The smallest absolute Gasteiger partial charge is 0.308 e. The summed E-state index contributed by atoms with van der Waals surface area (Å²) in [5.41, 5.74) is 0.864. The highest BCUT2D eigenvalue weighted by atomic mass is 32.2. The molecule has 188 valence electrons. The highest BCUT2D eigenvalue weighted by molar-refractivity contribution is 7.91. The molecule has 0 spiro atoms. The van der Waals surface area contributed by atoms with Crippen LogP contribution in [0, 0.1) is 11.8 Å². The van der Waals surface area contributed by atoms with Gasteiger partial charge in [0, 0.05) is 5.94 Å². The minimum absolute atomic E-state index is 0.112. The predicted molar refractivity (Wildman–Crippen MR) is 140 cm³/mol. The van der Waals surface area contributed by atoms with Gasteiger partial charge in [0.25, 0.3) is 0 Å². The van der Waals surface area contributed by atoms with Crippen LogP contribution in [0.15, 0.2) is 84.0 Å². The minimum Gasteiger partial charge on any atom is -0.456 e. The first kappa shape index (κ1) is 25.9. The van der Waals surface area contributed by atoms with Crippen LogP contribution in [0.5, 0.6) is 11.5 Å². The minimum atomic E-state index is -3.87. The second-order valence-corrected chi connectivity index (χ2v) is 11.4. The van der Waals surface area contributed by atoms with Crippen molar-refractivity contribution in [2.24, 2.45) is 11.8 Å². The van der Waals surface area contributed by atoms with Crippen molar-refractivity contribution < 1.29 is 23.0 Å². The Labute approximate surface area is 213 Å². The van der Waals surface area contributed by atoms with E-state index in [1.165, 1.54) is 12.3 Å². The molecule has 2 N–H and O–H groups in total. The van der Waals surface area contributed by atoms with Gasteiger partial charge in [0.1, 0.15) is 11.5 Å². The zero-order valence-electron chi connectivity index (χ0n) is 20.3. The van der Waals surface area contributed by atoms with Crippen LogP contribution in [0.25, 0.3) is 0 Å². The van der Waals surface area contributed by atoms with Crippen molar-refractivity contribution in [3.8, 4) is 11.5 Å². The van der Waals surface area contributed by atoms with Gasteiger partial charge in [0.15, 0.2) is 14.9 Å². The van der Waals surface area contributed by atoms with Crippen molar-refractivity contribution >= 4 is 22.7 Å². The Morgan fingerprint density at radius 2 is 1.72 bits per heavy atom. The fraction of sp³-hybridized carbons (Fsp3) is 0.333. The predicted octanol–water partition coefficient (Wildman–Crippen LogP) is 3.94. The number of ether oxygens (including phenoxy) is 1. The summed E-state index contributed by atoms with van der Waals surface area (Å²) < 4.78 is 32.3. The average molecular weight is 506 g/mol. The number of carbonyl (C=O) groups is 1. The largest absolute Gasteiger partial charge is 0.456 e. The van der Waals surface area contributed by atoms with Crippen molar-refractivity contribution in [3.05, 3.63) is 84.6 Å². The first-order valence-corrected chi connectivity index (χ1v) is 13.9. The van der Waals surface area contributed by atoms with Gasteiger partial charge in [-0.25, -0.2) is 13.4 Å². The number of amides is 1. The van der Waals surface area contributed by atoms with Crippen LogP contribution in [-0.4, -0.2) is 42.9 Å². The van der Waals surface area contributed by atoms with E-state index in [0.29, 0.717) is 23.8 Å². The highest BCUT2D eigenvalue weighted by Crippen LogP contribution is 2.34. The molecule has 3 aromatic rings. The van der Waals surface area contributed by atoms with Crippen molar-refractivity contribution in [1.82, 2.24) is 10.3 Å². The molecule has 1 saturated carbocycles. The van der Waals surface area contributed by atoms with Gasteiger partial charge in [-0.3, -0.25) is 4.79 Å². The van der Waals surface area contributed by atoms with E-state index in [4.69, 9.17) is 4.74 Å². The molecular weight excluding hydrogens is 475 g/mol. The van der Waals surface area contributed by atoms with Crippen molar-refractivity contribution in [2.75, 3.05) is 5.75 Å². The maximum atomic E-state index is 13.3. The number of aromatic nitrogens is 1. The molecule has 1 aromatic heterocycles. The van der Waals surface area contributed by atoms with E-state index in [9.17, 15) is 18.2 Å². The number of sulfone groups is 1. The Bertz CT molecular complexity index is 1230. The van der Waals surface area contributed by atoms with E-state index < -0.39 is 34.4 Å². The van der Waals surface area contributed by atoms with Crippen molar-refractivity contribution in [2.45, 2.75) is 43.5 Å². The number of hydrogen-bond acceptors (Lipinski definition) is 6. The molecule has 0 aliphatic heterocycles. The first-order valence-electron chi connectivity index (χ1n) is 12.2. The summed E-state index contributed by atoms with van der Waals surface area (Å²) in [7, 11) is -3.87. The molecule has 7 nitrogen and oxygen atoms in total. The first-order chi connectivity index (χ1) is 17.3. The topological polar surface area (TPSA) is 106 Å². The van der Waals surface area contributed by atoms with Crippen LogP contribution in [0.3, 0.4) is 0 Å². The Hall–Kier alpha value is -3.17. The number of carbonyl (C=O) groups excluding carboxylic acids is 1. The Kier molecular flexibility index (Phi) is 8.43. The maximum Gasteiger partial charge on any atom is 0.308 e. The zero-order valence-corrected chi connectivity index (χ0v) is 21.1. The number of hydrogen-bond donors (Lipinski definition) is 2. The van der Waals surface area contributed by atoms with Crippen molar-refractivity contribution in [1.29, 1.82) is 0 Å². The fourth-order valence-electron chi connectivity index (χ4n) is 4.10. The molecule has 4 rings (SSSR count). The monoisotopic (exact) mass is 506 g/mol. The average Bonchev–Trinajstić information content (AvgIpc) is 3.69. The van der Waals surface area contributed by atoms with Crippen molar-refractivity contribution in [3.63, 3.8) is 0 Å². The third kappa shape index (κ3) is 7.42. The van der Waals surface area contributed by atoms with E-state index in [-0.39, 0.29) is 17.4 Å². The molecular formula is C27H31BN2O5S. The van der Waals surface area contributed by atoms with Crippen LogP contribution in [0.1, 0.15) is 24.8 Å². The van der Waals surface area contributed by atoms with Gasteiger partial charge < -0.3 is 15.1 Å². The van der Waals surface area contributed by atoms with Gasteiger partial charge >= 0.3 is 6.92 Å². The lowest BCUT2D eigenvalue weighted by atomic mass is 9.61. The van der Waals surface area contributed by atoms with Gasteiger partial charge in [-0.1, -0.05) is 68.2 Å². The number of nitrogens with one attached hydrogen (secondary N) is 1. The lowest BCUT2D eigenvalue weighted by molar-refractivity contribution is -0.124. The molecule has 1 fully saturated rings. The van der Waals surface area contributed by atoms with E-state index in [0.717, 1.165) is 18.4 Å². The third-order valence-corrected chi connectivity index (χ3v) is 8.04. The van der Waals surface area contributed by atoms with Crippen LogP contribution in [0.4, 0.5) is 0 Å². The van der Waals surface area contributed by atoms with Gasteiger partial charge in [0.05, 0.1) is 17.9 Å². The highest BCUT2D eigenvalue weighted by Gasteiger charge is 2.34. The number of nitrogens with zero attached hydrogens (tertiary/aromatic N) is 1. The van der Waals surface area contributed by atoms with E-state index >= 15 is 0 Å². The molecule has 1 heterocycles. The standard InChI is InChI=1S/C27H31BN2O5S/c1-28(32)25(17-21-12-13-21)30-27(31)22(16-20-8-4-2-5-9-20)19-36(33,34)26-15-14-24(18-29-26)35-23-10-6-3-7-11-23/h2-11,14-15,18,21-22,25,32H,12-13,16-17,19H2,1H3,(H,30,31)/t22-,25+/m1/s1. The lowest BCUT2D eigenvalue weighted by Crippen LogP contribution is -2.48. The Morgan fingerprint density at radius 3 is 2.31 bits per heavy atom. The number of rotatable bonds is 12. The van der Waals surface area contributed by atoms with E-state index in [1.807, 2.05) is 48.5 Å². The normalized spacial score (nSPS) is 15.1. The molecule has 36 heavy (non-hydrogen) atoms. The fourth-order valence-corrected chi connectivity index (χ4v) is 5.56. The lowest BCUT2D eigenvalue weighted by Gasteiger charge is -2.23. The molecule has 0 radical (unpaired) electrons. The molecule has 1 amide bonds. The summed E-state index contributed by atoms with van der Waals surface area (Å²) in [5.74, 6) is -0.472. The Balaban J connectivity index is 1.50. The van der Waals surface area contributed by atoms with Gasteiger partial charge in [0.2, 0.25) is 5.91 Å². The number of benzene rings is 2. The quantitative estimate of drug-likeness (QED) is 0.361. The molecule has 1 aliphatic rings. The van der Waals surface area contributed by atoms with Gasteiger partial charge in [-0.2, -0.15) is 0 Å². The molecule has 2 aromatic carbocycles. The summed E-state index contributed by atoms with van der Waals surface area (Å²) >= 11 is 0. The number of pyridine rings is 1. The van der Waals surface area contributed by atoms with Gasteiger partial charge in [-0.05, 0) is 48.6 Å². The second kappa shape index (κ2) is 11.7. The summed E-state index contributed by atoms with van der Waals surface area (Å²) in [6, 6.07) is 21.4. The van der Waals surface area contributed by atoms with Crippen LogP contribution < -0.4 is 10.1 Å². The SMILES string of the molecule is CB(O)[C@H](CC1CC1)NC(=O)[C@H](Cc1ccccc1)CS(=O)(=O)c1ccc(Oc2ccccc2)cn1. The summed E-state index contributed by atoms with van der Waals surface area (Å²) in [5, 5.41) is 13.0. The molecule has 1 aliphatic carbocycles. The molecule has 9 heteroatoms. The third-order valence-electron chi connectivity index (χ3n) is 6.32. The van der Waals surface area contributed by atoms with Crippen LogP contribution in [-0.2, 0) is 21.1 Å². The van der Waals surface area contributed by atoms with Crippen LogP contribution >= 0.6 is 0 Å². The van der Waals surface area contributed by atoms with E-state index in [2.05, 4.69) is 10.3 Å². The summed E-state index contributed by atoms with van der Waals surface area (Å²) in [6.45, 7) is 0.932. The molecule has 0 bridgehead atoms. The summed E-state index contributed by atoms with van der Waals surface area (Å²) in [4.78, 5) is 17.4. The summed E-state index contributed by atoms with van der Waals surface area (Å²) in [6.07, 6.45) is 4.51. The maximum absolute atomic E-state index is 13.3. The number of para-hydroxylation sites is 1. The van der Waals surface area contributed by atoms with Gasteiger partial charge in [-0.15, -0.1) is 0 Å². The molecule has 2 atom stereocenters. The zero-order chi connectivity index (χ0) is 25.5.